The maximum atomic E-state index is 12.4. The lowest BCUT2D eigenvalue weighted by atomic mass is 9.78. The number of carbonyl (C=O) groups is 1. The lowest BCUT2D eigenvalue weighted by Gasteiger charge is -2.35. The van der Waals surface area contributed by atoms with Gasteiger partial charge in [-0.3, -0.25) is 15.6 Å². The van der Waals surface area contributed by atoms with Gasteiger partial charge in [-0.25, -0.2) is 0 Å². The van der Waals surface area contributed by atoms with E-state index in [1.54, 1.807) is 6.08 Å². The van der Waals surface area contributed by atoms with E-state index < -0.39 is 12.1 Å². The van der Waals surface area contributed by atoms with Gasteiger partial charge in [-0.15, -0.1) is 11.3 Å². The number of nitrogens with one attached hydrogen (secondary N) is 3. The summed E-state index contributed by atoms with van der Waals surface area (Å²) in [4.78, 5) is 13.3. The van der Waals surface area contributed by atoms with Gasteiger partial charge in [-0.05, 0) is 43.2 Å². The number of carbonyl (C=O) groups excluding carboxylic acids is 1. The zero-order valence-electron chi connectivity index (χ0n) is 15.4. The van der Waals surface area contributed by atoms with Gasteiger partial charge < -0.3 is 25.6 Å². The molecule has 0 bridgehead atoms. The third-order valence-electron chi connectivity index (χ3n) is 4.30. The molecule has 0 aromatic carbocycles. The van der Waals surface area contributed by atoms with Gasteiger partial charge in [0.1, 0.15) is 6.10 Å². The summed E-state index contributed by atoms with van der Waals surface area (Å²) in [6.45, 7) is 1.41. The molecule has 1 aliphatic carbocycles. The van der Waals surface area contributed by atoms with Gasteiger partial charge >= 0.3 is 0 Å². The van der Waals surface area contributed by atoms with Crippen LogP contribution in [0.4, 0.5) is 0 Å². The van der Waals surface area contributed by atoms with Gasteiger partial charge in [0.05, 0.1) is 13.2 Å². The molecule has 1 aliphatic rings. The van der Waals surface area contributed by atoms with Crippen LogP contribution in [-0.2, 0) is 14.3 Å². The minimum atomic E-state index is -1.03. The summed E-state index contributed by atoms with van der Waals surface area (Å²) < 4.78 is 10.1. The Bertz CT molecular complexity index is 696. The highest BCUT2D eigenvalue weighted by molar-refractivity contribution is 7.10. The van der Waals surface area contributed by atoms with Gasteiger partial charge in [0.15, 0.2) is 11.7 Å². The van der Waals surface area contributed by atoms with Gasteiger partial charge in [-0.2, -0.15) is 0 Å². The normalized spacial score (nSPS) is 21.6. The highest BCUT2D eigenvalue weighted by Crippen LogP contribution is 2.31. The third kappa shape index (κ3) is 6.16. The third-order valence-corrected chi connectivity index (χ3v) is 5.28. The molecule has 148 valence electrons. The fourth-order valence-corrected chi connectivity index (χ4v) is 3.46. The largest absolute Gasteiger partial charge is 0.491 e. The Morgan fingerprint density at radius 3 is 2.78 bits per heavy atom. The standard InChI is InChI=1S/C18H26N4O4S/c1-10(23)17(21)26-16(20)8-11-6-12(7-11)22-18(24)14(25-2)9-13(19)15-4-3-5-27-15/h3-5,9-13,20-21,23H,6-8,19H2,1-2H3,(H,22,24)/b14-9-,20-16?,21-17?/t10-,11?,12?,13?/m1/s1. The van der Waals surface area contributed by atoms with Crippen LogP contribution in [0, 0.1) is 16.7 Å². The predicted octanol–water partition coefficient (Wildman–Crippen LogP) is 1.92. The van der Waals surface area contributed by atoms with Crippen LogP contribution >= 0.6 is 11.3 Å². The second kappa shape index (κ2) is 9.63. The second-order valence-electron chi connectivity index (χ2n) is 6.55. The minimum Gasteiger partial charge on any atom is -0.491 e. The quantitative estimate of drug-likeness (QED) is 0.198. The van der Waals surface area contributed by atoms with Crippen LogP contribution in [-0.4, -0.2) is 42.1 Å². The summed E-state index contributed by atoms with van der Waals surface area (Å²) in [5.74, 6) is -0.305. The van der Waals surface area contributed by atoms with Gasteiger partial charge in [0, 0.05) is 17.3 Å². The first-order valence-corrected chi connectivity index (χ1v) is 9.55. The first-order chi connectivity index (χ1) is 12.8. The van der Waals surface area contributed by atoms with Crippen molar-refractivity contribution >= 4 is 29.0 Å². The molecule has 6 N–H and O–H groups in total. The fourth-order valence-electron chi connectivity index (χ4n) is 2.76. The molecule has 1 amide bonds. The van der Waals surface area contributed by atoms with Crippen molar-refractivity contribution in [3.8, 4) is 0 Å². The van der Waals surface area contributed by atoms with Gasteiger partial charge in [0.25, 0.3) is 5.91 Å². The van der Waals surface area contributed by atoms with Crippen molar-refractivity contribution in [1.82, 2.24) is 5.32 Å². The predicted molar refractivity (Wildman–Crippen MR) is 104 cm³/mol. The number of aliphatic hydroxyl groups excluding tert-OH is 1. The Kier molecular flexibility index (Phi) is 7.52. The molecule has 1 heterocycles. The number of methoxy groups -OCH3 is 1. The van der Waals surface area contributed by atoms with Crippen LogP contribution in [0.3, 0.4) is 0 Å². The average Bonchev–Trinajstić information content (AvgIpc) is 3.11. The van der Waals surface area contributed by atoms with Crippen LogP contribution in [0.1, 0.15) is 37.1 Å². The van der Waals surface area contributed by atoms with E-state index in [1.165, 1.54) is 25.4 Å². The van der Waals surface area contributed by atoms with E-state index >= 15 is 0 Å². The molecule has 9 heteroatoms. The van der Waals surface area contributed by atoms with E-state index in [-0.39, 0.29) is 35.4 Å². The average molecular weight is 394 g/mol. The number of aliphatic hydroxyl groups is 1. The number of ether oxygens (including phenoxy) is 2. The topological polar surface area (TPSA) is 142 Å². The molecule has 1 aromatic rings. The molecule has 1 unspecified atom stereocenters. The molecule has 0 spiro atoms. The Labute approximate surface area is 162 Å². The second-order valence-corrected chi connectivity index (χ2v) is 7.53. The molecule has 1 fully saturated rings. The van der Waals surface area contributed by atoms with E-state index in [0.29, 0.717) is 19.3 Å². The molecule has 1 saturated carbocycles. The fraction of sp³-hybridized carbons (Fsp3) is 0.500. The SMILES string of the molecule is CO/C(=C\C(N)c1cccs1)C(=O)NC1CC(CC(=N)OC(=N)[C@@H](C)O)C1. The molecule has 0 aliphatic heterocycles. The van der Waals surface area contributed by atoms with Crippen LogP contribution in [0.2, 0.25) is 0 Å². The van der Waals surface area contributed by atoms with Crippen LogP contribution in [0.25, 0.3) is 0 Å². The number of amides is 1. The molecule has 1 aromatic heterocycles. The van der Waals surface area contributed by atoms with Crippen LogP contribution in [0.5, 0.6) is 0 Å². The van der Waals surface area contributed by atoms with Crippen LogP contribution in [0.15, 0.2) is 29.3 Å². The Morgan fingerprint density at radius 1 is 1.52 bits per heavy atom. The molecule has 8 nitrogen and oxygen atoms in total. The van der Waals surface area contributed by atoms with Gasteiger partial charge in [0.2, 0.25) is 5.90 Å². The molecular weight excluding hydrogens is 368 g/mol. The number of hydrogen-bond acceptors (Lipinski definition) is 8. The minimum absolute atomic E-state index is 0.00280. The van der Waals surface area contributed by atoms with Crippen molar-refractivity contribution in [1.29, 1.82) is 10.8 Å². The Hall–Kier alpha value is -2.23. The number of nitrogens with two attached hydrogens (primary N) is 1. The summed E-state index contributed by atoms with van der Waals surface area (Å²) in [5.41, 5.74) is 6.07. The Balaban J connectivity index is 1.77. The summed E-state index contributed by atoms with van der Waals surface area (Å²) >= 11 is 1.52. The van der Waals surface area contributed by atoms with Crippen molar-refractivity contribution < 1.29 is 19.4 Å². The molecule has 0 radical (unpaired) electrons. The summed E-state index contributed by atoms with van der Waals surface area (Å²) in [6.07, 6.45) is 2.37. The molecule has 0 saturated heterocycles. The molecular formula is C18H26N4O4S. The lowest BCUT2D eigenvalue weighted by molar-refractivity contribution is -0.122. The first-order valence-electron chi connectivity index (χ1n) is 8.67. The van der Waals surface area contributed by atoms with Crippen molar-refractivity contribution in [3.63, 3.8) is 0 Å². The van der Waals surface area contributed by atoms with Gasteiger partial charge in [-0.1, -0.05) is 6.07 Å². The highest BCUT2D eigenvalue weighted by atomic mass is 32.1. The lowest BCUT2D eigenvalue weighted by Crippen LogP contribution is -2.45. The molecule has 27 heavy (non-hydrogen) atoms. The maximum Gasteiger partial charge on any atom is 0.286 e. The number of rotatable bonds is 8. The Morgan fingerprint density at radius 2 is 2.22 bits per heavy atom. The maximum absolute atomic E-state index is 12.4. The van der Waals surface area contributed by atoms with E-state index in [0.717, 1.165) is 4.88 Å². The van der Waals surface area contributed by atoms with Crippen LogP contribution < -0.4 is 11.1 Å². The summed E-state index contributed by atoms with van der Waals surface area (Å²) in [6, 6.07) is 3.41. The van der Waals surface area contributed by atoms with Crippen molar-refractivity contribution in [3.05, 3.63) is 34.2 Å². The zero-order valence-corrected chi connectivity index (χ0v) is 16.2. The van der Waals surface area contributed by atoms with E-state index in [9.17, 15) is 9.90 Å². The van der Waals surface area contributed by atoms with E-state index in [2.05, 4.69) is 5.32 Å². The molecule has 2 atom stereocenters. The smallest absolute Gasteiger partial charge is 0.286 e. The number of thiophene rings is 1. The van der Waals surface area contributed by atoms with Crippen molar-refractivity contribution in [2.24, 2.45) is 11.7 Å². The number of hydrogen-bond donors (Lipinski definition) is 5. The summed E-state index contributed by atoms with van der Waals surface area (Å²) in [7, 11) is 1.44. The first kappa shape index (κ1) is 21.1. The van der Waals surface area contributed by atoms with E-state index in [1.807, 2.05) is 17.5 Å². The van der Waals surface area contributed by atoms with Crippen molar-refractivity contribution in [2.75, 3.05) is 7.11 Å². The summed E-state index contributed by atoms with van der Waals surface area (Å²) in [5, 5.41) is 29.2. The monoisotopic (exact) mass is 394 g/mol. The highest BCUT2D eigenvalue weighted by Gasteiger charge is 2.32. The zero-order chi connectivity index (χ0) is 20.0. The molecule has 2 rings (SSSR count). The van der Waals surface area contributed by atoms with Crippen molar-refractivity contribution in [2.45, 2.75) is 44.4 Å². The van der Waals surface area contributed by atoms with E-state index in [4.69, 9.17) is 26.0 Å².